The molecule has 0 radical (unpaired) electrons. The van der Waals surface area contributed by atoms with Gasteiger partial charge in [-0.1, -0.05) is 111 Å². The number of hydrogen-bond acceptors (Lipinski definition) is 3. The summed E-state index contributed by atoms with van der Waals surface area (Å²) in [6.45, 7) is 0.327. The second-order valence-corrected chi connectivity index (χ2v) is 9.49. The Morgan fingerprint density at radius 1 is 0.781 bits per heavy atom. The predicted octanol–water partition coefficient (Wildman–Crippen LogP) is 6.11. The fourth-order valence-corrected chi connectivity index (χ4v) is 6.42. The van der Waals surface area contributed by atoms with Crippen molar-refractivity contribution in [3.8, 4) is 11.1 Å². The highest BCUT2D eigenvalue weighted by molar-refractivity contribution is 5.85. The molecule has 0 amide bonds. The molecule has 0 N–H and O–H groups in total. The van der Waals surface area contributed by atoms with Crippen LogP contribution in [-0.2, 0) is 15.1 Å². The van der Waals surface area contributed by atoms with Gasteiger partial charge in [-0.25, -0.2) is 4.90 Å². The Bertz CT molecular complexity index is 1090. The third kappa shape index (κ3) is 2.87. The van der Waals surface area contributed by atoms with Gasteiger partial charge in [0.2, 0.25) is 0 Å². The van der Waals surface area contributed by atoms with Crippen LogP contribution in [0.2, 0.25) is 0 Å². The molecule has 3 aromatic carbocycles. The molecule has 162 valence electrons. The van der Waals surface area contributed by atoms with Crippen molar-refractivity contribution < 1.29 is 9.53 Å². The summed E-state index contributed by atoms with van der Waals surface area (Å²) >= 11 is 0. The van der Waals surface area contributed by atoms with Gasteiger partial charge < -0.3 is 4.74 Å². The highest BCUT2D eigenvalue weighted by Gasteiger charge is 2.55. The number of rotatable bonds is 4. The maximum atomic E-state index is 13.1. The van der Waals surface area contributed by atoms with Crippen LogP contribution in [0.3, 0.4) is 0 Å². The van der Waals surface area contributed by atoms with Crippen LogP contribution in [0.4, 0.5) is 0 Å². The Kier molecular flexibility index (Phi) is 4.87. The molecule has 1 saturated heterocycles. The molecule has 6 rings (SSSR count). The van der Waals surface area contributed by atoms with Crippen LogP contribution in [0.15, 0.2) is 78.9 Å². The maximum absolute atomic E-state index is 13.1. The summed E-state index contributed by atoms with van der Waals surface area (Å²) in [6.07, 6.45) is 7.22. The monoisotopic (exact) mass is 423 g/mol. The van der Waals surface area contributed by atoms with E-state index >= 15 is 0 Å². The number of fused-ring (bicyclic) bond motifs is 3. The lowest BCUT2D eigenvalue weighted by atomic mass is 9.77. The van der Waals surface area contributed by atoms with Crippen LogP contribution < -0.4 is 0 Å². The summed E-state index contributed by atoms with van der Waals surface area (Å²) in [5.74, 6) is 0.536. The van der Waals surface area contributed by atoms with Gasteiger partial charge in [0.1, 0.15) is 18.3 Å². The normalized spacial score (nSPS) is 22.4. The fraction of sp³-hybridized carbons (Fsp3) is 0.345. The van der Waals surface area contributed by atoms with Crippen molar-refractivity contribution >= 4 is 5.97 Å². The first-order valence-electron chi connectivity index (χ1n) is 12.0. The number of ether oxygens (including phenoxy) is 1. The Morgan fingerprint density at radius 3 is 2.03 bits per heavy atom. The van der Waals surface area contributed by atoms with E-state index in [1.165, 1.54) is 59.9 Å². The summed E-state index contributed by atoms with van der Waals surface area (Å²) in [5.41, 5.74) is 5.67. The second kappa shape index (κ2) is 7.90. The number of cyclic esters (lactones) is 1. The third-order valence-corrected chi connectivity index (χ3v) is 7.82. The van der Waals surface area contributed by atoms with Gasteiger partial charge in [-0.05, 0) is 40.2 Å². The van der Waals surface area contributed by atoms with E-state index in [1.54, 1.807) is 0 Å². The SMILES string of the molecule is O=C1OCN(C2(c3ccccc3)c3ccccc3-c3ccccc32)[C@H]1CC1CCCCC1. The molecule has 1 atom stereocenters. The molecule has 0 bridgehead atoms. The van der Waals surface area contributed by atoms with E-state index in [0.717, 1.165) is 6.42 Å². The van der Waals surface area contributed by atoms with Crippen LogP contribution in [0.25, 0.3) is 11.1 Å². The van der Waals surface area contributed by atoms with Crippen molar-refractivity contribution in [3.63, 3.8) is 0 Å². The molecule has 1 saturated carbocycles. The molecule has 1 aliphatic heterocycles. The number of benzene rings is 3. The highest BCUT2D eigenvalue weighted by Crippen LogP contribution is 2.56. The van der Waals surface area contributed by atoms with Gasteiger partial charge >= 0.3 is 5.97 Å². The zero-order chi connectivity index (χ0) is 21.5. The third-order valence-electron chi connectivity index (χ3n) is 7.82. The van der Waals surface area contributed by atoms with Crippen LogP contribution >= 0.6 is 0 Å². The molecular weight excluding hydrogens is 394 g/mol. The highest BCUT2D eigenvalue weighted by atomic mass is 16.6. The van der Waals surface area contributed by atoms with Crippen LogP contribution in [0, 0.1) is 5.92 Å². The Hall–Kier alpha value is -2.91. The summed E-state index contributed by atoms with van der Waals surface area (Å²) in [5, 5.41) is 0. The van der Waals surface area contributed by atoms with Crippen molar-refractivity contribution in [2.45, 2.75) is 50.1 Å². The summed E-state index contributed by atoms with van der Waals surface area (Å²) < 4.78 is 5.80. The van der Waals surface area contributed by atoms with Crippen LogP contribution in [0.5, 0.6) is 0 Å². The first-order chi connectivity index (χ1) is 15.8. The molecule has 0 unspecified atom stereocenters. The van der Waals surface area contributed by atoms with Gasteiger partial charge in [0.05, 0.1) is 0 Å². The van der Waals surface area contributed by atoms with E-state index in [9.17, 15) is 4.79 Å². The fourth-order valence-electron chi connectivity index (χ4n) is 6.42. The van der Waals surface area contributed by atoms with E-state index < -0.39 is 5.54 Å². The molecule has 32 heavy (non-hydrogen) atoms. The zero-order valence-corrected chi connectivity index (χ0v) is 18.4. The molecule has 3 nitrogen and oxygen atoms in total. The molecule has 1 heterocycles. The lowest BCUT2D eigenvalue weighted by Gasteiger charge is -2.43. The van der Waals surface area contributed by atoms with E-state index in [2.05, 4.69) is 83.8 Å². The smallest absolute Gasteiger partial charge is 0.324 e. The predicted molar refractivity (Wildman–Crippen MR) is 126 cm³/mol. The van der Waals surface area contributed by atoms with Crippen molar-refractivity contribution in [1.29, 1.82) is 0 Å². The van der Waals surface area contributed by atoms with Crippen molar-refractivity contribution in [2.75, 3.05) is 6.73 Å². The van der Waals surface area contributed by atoms with Crippen molar-refractivity contribution in [2.24, 2.45) is 5.92 Å². The minimum absolute atomic E-state index is 0.0623. The first kappa shape index (κ1) is 19.8. The van der Waals surface area contributed by atoms with Gasteiger partial charge in [0.15, 0.2) is 0 Å². The molecule has 3 aromatic rings. The molecule has 2 aliphatic carbocycles. The first-order valence-corrected chi connectivity index (χ1v) is 12.0. The van der Waals surface area contributed by atoms with Gasteiger partial charge in [0.25, 0.3) is 0 Å². The van der Waals surface area contributed by atoms with E-state index in [4.69, 9.17) is 4.74 Å². The summed E-state index contributed by atoms with van der Waals surface area (Å²) in [7, 11) is 0. The average Bonchev–Trinajstić information content (AvgIpc) is 3.36. The van der Waals surface area contributed by atoms with Gasteiger partial charge in [-0.3, -0.25) is 4.79 Å². The quantitative estimate of drug-likeness (QED) is 0.474. The average molecular weight is 424 g/mol. The number of nitrogens with zero attached hydrogens (tertiary/aromatic N) is 1. The molecular formula is C29H29NO2. The van der Waals surface area contributed by atoms with Gasteiger partial charge in [0, 0.05) is 0 Å². The molecule has 0 spiro atoms. The minimum Gasteiger partial charge on any atom is -0.448 e. The van der Waals surface area contributed by atoms with Crippen LogP contribution in [-0.4, -0.2) is 23.6 Å². The Morgan fingerprint density at radius 2 is 1.38 bits per heavy atom. The van der Waals surface area contributed by atoms with Crippen molar-refractivity contribution in [1.82, 2.24) is 4.90 Å². The summed E-state index contributed by atoms with van der Waals surface area (Å²) in [4.78, 5) is 15.5. The topological polar surface area (TPSA) is 29.5 Å². The van der Waals surface area contributed by atoms with E-state index in [1.807, 2.05) is 0 Å². The number of carbonyl (C=O) groups excluding carboxylic acids is 1. The van der Waals surface area contributed by atoms with E-state index in [0.29, 0.717) is 12.6 Å². The number of esters is 1. The van der Waals surface area contributed by atoms with Gasteiger partial charge in [-0.15, -0.1) is 0 Å². The largest absolute Gasteiger partial charge is 0.448 e. The maximum Gasteiger partial charge on any atom is 0.324 e. The van der Waals surface area contributed by atoms with Crippen molar-refractivity contribution in [3.05, 3.63) is 95.6 Å². The lowest BCUT2D eigenvalue weighted by Crippen LogP contribution is -2.51. The summed E-state index contributed by atoms with van der Waals surface area (Å²) in [6, 6.07) is 27.8. The molecule has 2 fully saturated rings. The Labute approximate surface area is 190 Å². The zero-order valence-electron chi connectivity index (χ0n) is 18.4. The van der Waals surface area contributed by atoms with Gasteiger partial charge in [-0.2, -0.15) is 0 Å². The van der Waals surface area contributed by atoms with E-state index in [-0.39, 0.29) is 12.0 Å². The molecule has 3 heteroatoms. The second-order valence-electron chi connectivity index (χ2n) is 9.49. The van der Waals surface area contributed by atoms with Crippen LogP contribution in [0.1, 0.15) is 55.2 Å². The Balaban J connectivity index is 1.56. The number of carbonyl (C=O) groups is 1. The minimum atomic E-state index is -0.528. The molecule has 0 aromatic heterocycles. The standard InChI is InChI=1S/C29H29NO2/c31-28-27(19-21-11-3-1-4-12-21)30(20-32-28)29(22-13-5-2-6-14-22)25-17-9-7-15-23(25)24-16-8-10-18-26(24)29/h2,5-10,13-18,21,27H,1,3-4,11-12,19-20H2/t27-/m0/s1. The number of hydrogen-bond donors (Lipinski definition) is 0. The molecule has 3 aliphatic rings. The lowest BCUT2D eigenvalue weighted by molar-refractivity contribution is -0.139.